The molecule has 0 amide bonds. The molecule has 0 radical (unpaired) electrons. The van der Waals surface area contributed by atoms with Crippen molar-refractivity contribution in [2.75, 3.05) is 13.6 Å². The highest BCUT2D eigenvalue weighted by Gasteiger charge is 2.01. The Morgan fingerprint density at radius 1 is 1.44 bits per heavy atom. The Morgan fingerprint density at radius 3 is 2.75 bits per heavy atom. The third-order valence-corrected chi connectivity index (χ3v) is 2.03. The van der Waals surface area contributed by atoms with E-state index in [1.54, 1.807) is 7.05 Å². The van der Waals surface area contributed by atoms with E-state index in [1.165, 1.54) is 5.01 Å². The normalized spacial score (nSPS) is 10.7. The molecule has 1 aromatic rings. The lowest BCUT2D eigenvalue weighted by molar-refractivity contribution is -0.138. The second-order valence-electron chi connectivity index (χ2n) is 3.69. The Morgan fingerprint density at radius 2 is 2.12 bits per heavy atom. The number of benzene rings is 1. The average molecular weight is 221 g/mol. The predicted octanol–water partition coefficient (Wildman–Crippen LogP) is 2.32. The van der Waals surface area contributed by atoms with Gasteiger partial charge in [0.1, 0.15) is 6.54 Å². The summed E-state index contributed by atoms with van der Waals surface area (Å²) in [6, 6.07) is 5.86. The minimum absolute atomic E-state index is 0.158. The Hall–Kier alpha value is -1.91. The first-order valence-electron chi connectivity index (χ1n) is 4.91. The van der Waals surface area contributed by atoms with Crippen LogP contribution in [0.4, 0.5) is 5.69 Å². The van der Waals surface area contributed by atoms with Gasteiger partial charge in [-0.25, -0.2) is 0 Å². The highest BCUT2D eigenvalue weighted by atomic mass is 16.4. The summed E-state index contributed by atoms with van der Waals surface area (Å²) in [7, 11) is 1.57. The van der Waals surface area contributed by atoms with Gasteiger partial charge in [0, 0.05) is 7.05 Å². The van der Waals surface area contributed by atoms with E-state index in [9.17, 15) is 4.79 Å². The van der Waals surface area contributed by atoms with Crippen LogP contribution in [0.3, 0.4) is 0 Å². The number of hydrogen-bond acceptors (Lipinski definition) is 3. The molecule has 0 fully saturated rings. The number of nitrogens with zero attached hydrogens (tertiary/aromatic N) is 3. The molecule has 0 aliphatic rings. The van der Waals surface area contributed by atoms with Gasteiger partial charge in [-0.15, -0.1) is 5.11 Å². The number of aryl methyl sites for hydroxylation is 2. The molecule has 16 heavy (non-hydrogen) atoms. The van der Waals surface area contributed by atoms with E-state index in [0.29, 0.717) is 0 Å². The summed E-state index contributed by atoms with van der Waals surface area (Å²) in [4.78, 5) is 10.4. The molecular weight excluding hydrogens is 206 g/mol. The van der Waals surface area contributed by atoms with Gasteiger partial charge in [0.2, 0.25) is 0 Å². The van der Waals surface area contributed by atoms with Crippen molar-refractivity contribution in [3.05, 3.63) is 29.3 Å². The quantitative estimate of drug-likeness (QED) is 0.626. The van der Waals surface area contributed by atoms with Crippen LogP contribution >= 0.6 is 0 Å². The number of carboxylic acid groups (broad SMARTS) is 1. The minimum Gasteiger partial charge on any atom is -0.480 e. The van der Waals surface area contributed by atoms with Crippen LogP contribution in [0.2, 0.25) is 0 Å². The molecule has 0 bridgehead atoms. The Kier molecular flexibility index (Phi) is 3.99. The van der Waals surface area contributed by atoms with Crippen molar-refractivity contribution in [2.24, 2.45) is 10.3 Å². The second kappa shape index (κ2) is 5.25. The molecule has 0 saturated carbocycles. The maximum atomic E-state index is 10.4. The van der Waals surface area contributed by atoms with Gasteiger partial charge in [0.05, 0.1) is 5.69 Å². The summed E-state index contributed by atoms with van der Waals surface area (Å²) in [6.07, 6.45) is 0. The molecule has 0 spiro atoms. The molecule has 0 atom stereocenters. The van der Waals surface area contributed by atoms with Gasteiger partial charge in [0.15, 0.2) is 0 Å². The van der Waals surface area contributed by atoms with E-state index in [0.717, 1.165) is 16.8 Å². The lowest BCUT2D eigenvalue weighted by atomic mass is 10.1. The molecule has 5 nitrogen and oxygen atoms in total. The van der Waals surface area contributed by atoms with Crippen LogP contribution in [0.25, 0.3) is 0 Å². The van der Waals surface area contributed by atoms with Crippen molar-refractivity contribution in [1.82, 2.24) is 5.01 Å². The van der Waals surface area contributed by atoms with Gasteiger partial charge in [0.25, 0.3) is 0 Å². The maximum Gasteiger partial charge on any atom is 0.324 e. The summed E-state index contributed by atoms with van der Waals surface area (Å²) in [5.41, 5.74) is 2.87. The van der Waals surface area contributed by atoms with E-state index in [2.05, 4.69) is 10.3 Å². The zero-order chi connectivity index (χ0) is 12.1. The van der Waals surface area contributed by atoms with E-state index >= 15 is 0 Å². The minimum atomic E-state index is -0.928. The molecule has 5 heteroatoms. The number of hydrogen-bond donors (Lipinski definition) is 1. The van der Waals surface area contributed by atoms with Crippen LogP contribution in [0.5, 0.6) is 0 Å². The topological polar surface area (TPSA) is 65.3 Å². The summed E-state index contributed by atoms with van der Waals surface area (Å²) in [6.45, 7) is 3.75. The fourth-order valence-electron chi connectivity index (χ4n) is 1.18. The molecule has 0 unspecified atom stereocenters. The standard InChI is InChI=1S/C11H15N3O2/c1-8-4-5-9(2)10(6-8)12-13-14(3)7-11(15)16/h4-6H,7H2,1-3H3,(H,15,16). The third-order valence-electron chi connectivity index (χ3n) is 2.03. The molecule has 86 valence electrons. The van der Waals surface area contributed by atoms with Crippen molar-refractivity contribution in [2.45, 2.75) is 13.8 Å². The van der Waals surface area contributed by atoms with Crippen LogP contribution in [-0.2, 0) is 4.79 Å². The molecule has 0 aliphatic heterocycles. The molecule has 0 saturated heterocycles. The molecule has 0 aliphatic carbocycles. The van der Waals surface area contributed by atoms with Gasteiger partial charge in [-0.2, -0.15) is 0 Å². The number of aliphatic carboxylic acids is 1. The highest BCUT2D eigenvalue weighted by molar-refractivity contribution is 5.68. The number of likely N-dealkylation sites (N-methyl/N-ethyl adjacent to an activating group) is 1. The zero-order valence-electron chi connectivity index (χ0n) is 9.64. The Balaban J connectivity index is 2.75. The van der Waals surface area contributed by atoms with Crippen LogP contribution in [0.15, 0.2) is 28.5 Å². The van der Waals surface area contributed by atoms with Gasteiger partial charge in [-0.05, 0) is 31.0 Å². The van der Waals surface area contributed by atoms with Crippen LogP contribution in [0, 0.1) is 13.8 Å². The van der Waals surface area contributed by atoms with Crippen molar-refractivity contribution in [3.8, 4) is 0 Å². The van der Waals surface area contributed by atoms with Crippen molar-refractivity contribution >= 4 is 11.7 Å². The van der Waals surface area contributed by atoms with Gasteiger partial charge in [-0.3, -0.25) is 9.80 Å². The van der Waals surface area contributed by atoms with E-state index < -0.39 is 5.97 Å². The summed E-state index contributed by atoms with van der Waals surface area (Å²) in [5, 5.41) is 17.6. The third kappa shape index (κ3) is 3.68. The summed E-state index contributed by atoms with van der Waals surface area (Å²) >= 11 is 0. The SMILES string of the molecule is Cc1ccc(C)c(N=NN(C)CC(=O)O)c1. The molecule has 0 heterocycles. The van der Waals surface area contributed by atoms with Gasteiger partial charge in [-0.1, -0.05) is 17.4 Å². The number of carbonyl (C=O) groups is 1. The first-order chi connectivity index (χ1) is 7.49. The van der Waals surface area contributed by atoms with Crippen molar-refractivity contribution in [1.29, 1.82) is 0 Å². The number of rotatable bonds is 4. The monoisotopic (exact) mass is 221 g/mol. The molecule has 1 aromatic carbocycles. The van der Waals surface area contributed by atoms with Gasteiger partial charge < -0.3 is 5.11 Å². The van der Waals surface area contributed by atoms with E-state index in [4.69, 9.17) is 5.11 Å². The van der Waals surface area contributed by atoms with Crippen molar-refractivity contribution in [3.63, 3.8) is 0 Å². The molecule has 1 rings (SSSR count). The highest BCUT2D eigenvalue weighted by Crippen LogP contribution is 2.20. The van der Waals surface area contributed by atoms with Crippen LogP contribution < -0.4 is 0 Å². The lowest BCUT2D eigenvalue weighted by Gasteiger charge is -2.07. The van der Waals surface area contributed by atoms with Gasteiger partial charge >= 0.3 is 5.97 Å². The Labute approximate surface area is 94.4 Å². The van der Waals surface area contributed by atoms with E-state index in [1.807, 2.05) is 32.0 Å². The van der Waals surface area contributed by atoms with Crippen LogP contribution in [-0.4, -0.2) is 29.7 Å². The predicted molar refractivity (Wildman–Crippen MR) is 60.7 cm³/mol. The molecular formula is C11H15N3O2. The van der Waals surface area contributed by atoms with E-state index in [-0.39, 0.29) is 6.54 Å². The zero-order valence-corrected chi connectivity index (χ0v) is 9.64. The largest absolute Gasteiger partial charge is 0.480 e. The summed E-state index contributed by atoms with van der Waals surface area (Å²) in [5.74, 6) is -0.928. The average Bonchev–Trinajstić information content (AvgIpc) is 2.18. The van der Waals surface area contributed by atoms with Crippen LogP contribution in [0.1, 0.15) is 11.1 Å². The first kappa shape index (κ1) is 12.2. The first-order valence-corrected chi connectivity index (χ1v) is 4.91. The molecule has 1 N–H and O–H groups in total. The lowest BCUT2D eigenvalue weighted by Crippen LogP contribution is -2.19. The fraction of sp³-hybridized carbons (Fsp3) is 0.364. The molecule has 0 aromatic heterocycles. The smallest absolute Gasteiger partial charge is 0.324 e. The number of carboxylic acids is 1. The Bertz CT molecular complexity index is 416. The maximum absolute atomic E-state index is 10.4. The fourth-order valence-corrected chi connectivity index (χ4v) is 1.18. The van der Waals surface area contributed by atoms with Crippen molar-refractivity contribution < 1.29 is 9.90 Å². The summed E-state index contributed by atoms with van der Waals surface area (Å²) < 4.78 is 0. The second-order valence-corrected chi connectivity index (χ2v) is 3.69.